The Morgan fingerprint density at radius 3 is 2.73 bits per heavy atom. The van der Waals surface area contributed by atoms with Gasteiger partial charge in [0.2, 0.25) is 0 Å². The van der Waals surface area contributed by atoms with Crippen LogP contribution in [0.3, 0.4) is 0 Å². The Morgan fingerprint density at radius 2 is 2.27 bits per heavy atom. The third kappa shape index (κ3) is 2.84. The molecule has 1 aromatic rings. The third-order valence-corrected chi connectivity index (χ3v) is 1.37. The number of aromatic nitrogens is 1. The van der Waals surface area contributed by atoms with Gasteiger partial charge < -0.3 is 11.5 Å². The molecule has 0 amide bonds. The van der Waals surface area contributed by atoms with Crippen LogP contribution in [0.15, 0.2) is 24.5 Å². The molecule has 4 heteroatoms. The van der Waals surface area contributed by atoms with Crippen LogP contribution in [0.4, 0.5) is 0 Å². The fraction of sp³-hybridized carbons (Fsp3) is 0.286. The Hall–Kier alpha value is -0.640. The first-order chi connectivity index (χ1) is 4.84. The molecule has 0 bridgehead atoms. The van der Waals surface area contributed by atoms with Gasteiger partial charge in [-0.2, -0.15) is 0 Å². The van der Waals surface area contributed by atoms with Crippen LogP contribution in [-0.2, 0) is 0 Å². The number of hydrogen-bond donors (Lipinski definition) is 2. The van der Waals surface area contributed by atoms with Crippen molar-refractivity contribution in [2.45, 2.75) is 6.04 Å². The van der Waals surface area contributed by atoms with Crippen LogP contribution in [0, 0.1) is 0 Å². The Morgan fingerprint density at radius 1 is 1.55 bits per heavy atom. The molecule has 4 N–H and O–H groups in total. The van der Waals surface area contributed by atoms with Gasteiger partial charge in [0.1, 0.15) is 0 Å². The first-order valence-corrected chi connectivity index (χ1v) is 3.20. The molecule has 0 aliphatic heterocycles. The van der Waals surface area contributed by atoms with E-state index in [0.29, 0.717) is 6.54 Å². The molecule has 0 aliphatic carbocycles. The predicted molar refractivity (Wildman–Crippen MR) is 47.5 cm³/mol. The summed E-state index contributed by atoms with van der Waals surface area (Å²) in [5.74, 6) is 0. The highest BCUT2D eigenvalue weighted by molar-refractivity contribution is 5.85. The maximum atomic E-state index is 5.63. The molecule has 1 aromatic heterocycles. The average molecular weight is 174 g/mol. The minimum Gasteiger partial charge on any atom is -0.329 e. The lowest BCUT2D eigenvalue weighted by Crippen LogP contribution is -2.20. The van der Waals surface area contributed by atoms with Gasteiger partial charge in [-0.25, -0.2) is 0 Å². The second-order valence-corrected chi connectivity index (χ2v) is 2.13. The van der Waals surface area contributed by atoms with E-state index in [-0.39, 0.29) is 18.4 Å². The summed E-state index contributed by atoms with van der Waals surface area (Å²) in [6, 6.07) is 3.70. The van der Waals surface area contributed by atoms with Crippen molar-refractivity contribution in [2.75, 3.05) is 6.54 Å². The molecule has 0 saturated heterocycles. The van der Waals surface area contributed by atoms with E-state index in [9.17, 15) is 0 Å². The van der Waals surface area contributed by atoms with Gasteiger partial charge in [0.25, 0.3) is 0 Å². The smallest absolute Gasteiger partial charge is 0.0434 e. The van der Waals surface area contributed by atoms with Gasteiger partial charge in [-0.1, -0.05) is 6.07 Å². The molecule has 11 heavy (non-hydrogen) atoms. The molecular weight excluding hydrogens is 162 g/mol. The van der Waals surface area contributed by atoms with Gasteiger partial charge in [0, 0.05) is 25.0 Å². The molecule has 0 unspecified atom stereocenters. The minimum absolute atomic E-state index is 0. The van der Waals surface area contributed by atoms with E-state index in [2.05, 4.69) is 4.98 Å². The highest BCUT2D eigenvalue weighted by atomic mass is 35.5. The van der Waals surface area contributed by atoms with E-state index in [4.69, 9.17) is 11.5 Å². The maximum absolute atomic E-state index is 5.63. The summed E-state index contributed by atoms with van der Waals surface area (Å²) < 4.78 is 0. The molecule has 0 aliphatic rings. The molecule has 62 valence electrons. The van der Waals surface area contributed by atoms with Crippen molar-refractivity contribution in [1.82, 2.24) is 4.98 Å². The second-order valence-electron chi connectivity index (χ2n) is 2.13. The van der Waals surface area contributed by atoms with E-state index >= 15 is 0 Å². The van der Waals surface area contributed by atoms with E-state index in [1.807, 2.05) is 12.1 Å². The fourth-order valence-electron chi connectivity index (χ4n) is 0.731. The van der Waals surface area contributed by atoms with Crippen LogP contribution in [0.1, 0.15) is 11.6 Å². The number of rotatable bonds is 2. The monoisotopic (exact) mass is 173 g/mol. The van der Waals surface area contributed by atoms with Crippen molar-refractivity contribution in [3.8, 4) is 0 Å². The van der Waals surface area contributed by atoms with Crippen LogP contribution in [0.25, 0.3) is 0 Å². The van der Waals surface area contributed by atoms with Gasteiger partial charge in [-0.3, -0.25) is 4.98 Å². The quantitative estimate of drug-likeness (QED) is 0.683. The molecule has 0 saturated carbocycles. The van der Waals surface area contributed by atoms with Gasteiger partial charge >= 0.3 is 0 Å². The summed E-state index contributed by atoms with van der Waals surface area (Å²) in [6.45, 7) is 0.464. The van der Waals surface area contributed by atoms with Gasteiger partial charge in [-0.05, 0) is 11.6 Å². The normalized spacial score (nSPS) is 11.8. The van der Waals surface area contributed by atoms with Gasteiger partial charge in [0.15, 0.2) is 0 Å². The number of nitrogens with zero attached hydrogens (tertiary/aromatic N) is 1. The summed E-state index contributed by atoms with van der Waals surface area (Å²) >= 11 is 0. The van der Waals surface area contributed by atoms with Crippen molar-refractivity contribution >= 4 is 12.4 Å². The molecular formula is C7H12ClN3. The molecule has 1 heterocycles. The SMILES string of the molecule is Cl.NC[C@@H](N)c1cccnc1. The Balaban J connectivity index is 0.000001000. The van der Waals surface area contributed by atoms with Crippen LogP contribution in [0.2, 0.25) is 0 Å². The molecule has 1 rings (SSSR count). The lowest BCUT2D eigenvalue weighted by atomic mass is 10.1. The zero-order valence-corrected chi connectivity index (χ0v) is 6.92. The molecule has 0 aromatic carbocycles. The van der Waals surface area contributed by atoms with Gasteiger partial charge in [0.05, 0.1) is 0 Å². The van der Waals surface area contributed by atoms with Crippen molar-refractivity contribution in [3.05, 3.63) is 30.1 Å². The zero-order valence-electron chi connectivity index (χ0n) is 6.10. The number of pyridine rings is 1. The van der Waals surface area contributed by atoms with E-state index in [0.717, 1.165) is 5.56 Å². The summed E-state index contributed by atoms with van der Waals surface area (Å²) in [7, 11) is 0. The number of hydrogen-bond acceptors (Lipinski definition) is 3. The second kappa shape index (κ2) is 5.07. The predicted octanol–water partition coefficient (Wildman–Crippen LogP) is 0.462. The molecule has 0 fully saturated rings. The first kappa shape index (κ1) is 10.4. The van der Waals surface area contributed by atoms with E-state index in [1.165, 1.54) is 0 Å². The Kier molecular flexibility index (Phi) is 4.77. The van der Waals surface area contributed by atoms with E-state index in [1.54, 1.807) is 12.4 Å². The maximum Gasteiger partial charge on any atom is 0.0434 e. The fourth-order valence-corrected chi connectivity index (χ4v) is 0.731. The van der Waals surface area contributed by atoms with Crippen molar-refractivity contribution in [1.29, 1.82) is 0 Å². The minimum atomic E-state index is -0.0753. The standard InChI is InChI=1S/C7H11N3.ClH/c8-4-7(9)6-2-1-3-10-5-6;/h1-3,5,7H,4,8-9H2;1H/t7-;/m1./s1. The molecule has 0 spiro atoms. The van der Waals surface area contributed by atoms with Crippen molar-refractivity contribution in [2.24, 2.45) is 11.5 Å². The summed E-state index contributed by atoms with van der Waals surface area (Å²) in [5, 5.41) is 0. The van der Waals surface area contributed by atoms with Crippen LogP contribution in [-0.4, -0.2) is 11.5 Å². The Bertz CT molecular complexity index is 190. The molecule has 3 nitrogen and oxygen atoms in total. The van der Waals surface area contributed by atoms with Crippen LogP contribution < -0.4 is 11.5 Å². The summed E-state index contributed by atoms with van der Waals surface area (Å²) in [5.41, 5.74) is 12.0. The Labute approximate surface area is 72.2 Å². The highest BCUT2D eigenvalue weighted by Crippen LogP contribution is 2.04. The lowest BCUT2D eigenvalue weighted by molar-refractivity contribution is 0.733. The van der Waals surface area contributed by atoms with Crippen LogP contribution in [0.5, 0.6) is 0 Å². The number of halogens is 1. The number of nitrogens with two attached hydrogens (primary N) is 2. The van der Waals surface area contributed by atoms with Crippen molar-refractivity contribution < 1.29 is 0 Å². The molecule has 1 atom stereocenters. The van der Waals surface area contributed by atoms with E-state index < -0.39 is 0 Å². The zero-order chi connectivity index (χ0) is 7.40. The lowest BCUT2D eigenvalue weighted by Gasteiger charge is -2.06. The van der Waals surface area contributed by atoms with Crippen molar-refractivity contribution in [3.63, 3.8) is 0 Å². The third-order valence-electron chi connectivity index (χ3n) is 1.37. The molecule has 0 radical (unpaired) electrons. The summed E-state index contributed by atoms with van der Waals surface area (Å²) in [4.78, 5) is 3.92. The van der Waals surface area contributed by atoms with Crippen LogP contribution >= 0.6 is 12.4 Å². The first-order valence-electron chi connectivity index (χ1n) is 3.20. The highest BCUT2D eigenvalue weighted by Gasteiger charge is 2.00. The topological polar surface area (TPSA) is 64.9 Å². The largest absolute Gasteiger partial charge is 0.329 e. The summed E-state index contributed by atoms with van der Waals surface area (Å²) in [6.07, 6.45) is 3.45. The van der Waals surface area contributed by atoms with Gasteiger partial charge in [-0.15, -0.1) is 12.4 Å². The average Bonchev–Trinajstić information content (AvgIpc) is 2.05.